The van der Waals surface area contributed by atoms with Gasteiger partial charge in [-0.2, -0.15) is 0 Å². The zero-order valence-corrected chi connectivity index (χ0v) is 8.08. The molecule has 72 valence electrons. The van der Waals surface area contributed by atoms with E-state index < -0.39 is 0 Å². The molecule has 0 bridgehead atoms. The molecule has 0 heterocycles. The summed E-state index contributed by atoms with van der Waals surface area (Å²) in [6, 6.07) is 7.57. The number of nitrogens with one attached hydrogen (secondary N) is 1. The summed E-state index contributed by atoms with van der Waals surface area (Å²) in [6.07, 6.45) is 0. The Balaban J connectivity index is 2.49. The van der Waals surface area contributed by atoms with Crippen LogP contribution in [0.15, 0.2) is 24.3 Å². The van der Waals surface area contributed by atoms with Gasteiger partial charge >= 0.3 is 0 Å². The summed E-state index contributed by atoms with van der Waals surface area (Å²) >= 11 is 0. The summed E-state index contributed by atoms with van der Waals surface area (Å²) in [6.45, 7) is 4.99. The fourth-order valence-corrected chi connectivity index (χ4v) is 0.910. The largest absolute Gasteiger partial charge is 0.493 e. The van der Waals surface area contributed by atoms with Gasteiger partial charge in [0.1, 0.15) is 5.75 Å². The van der Waals surface area contributed by atoms with E-state index in [2.05, 4.69) is 19.3 Å². The molecule has 0 aromatic heterocycles. The van der Waals surface area contributed by atoms with E-state index >= 15 is 0 Å². The minimum atomic E-state index is 0.548. The second kappa shape index (κ2) is 4.72. The molecule has 1 aromatic carbocycles. The number of hydrogen-bond acceptors (Lipinski definition) is 3. The van der Waals surface area contributed by atoms with Gasteiger partial charge in [0.25, 0.3) is 0 Å². The molecule has 0 aliphatic rings. The summed E-state index contributed by atoms with van der Waals surface area (Å²) < 4.78 is 5.50. The monoisotopic (exact) mass is 180 g/mol. The van der Waals surface area contributed by atoms with E-state index in [1.165, 1.54) is 0 Å². The van der Waals surface area contributed by atoms with Crippen LogP contribution in [0.4, 0.5) is 5.69 Å². The Labute approximate surface area is 78.9 Å². The molecule has 0 spiro atoms. The molecule has 1 rings (SSSR count). The van der Waals surface area contributed by atoms with Crippen molar-refractivity contribution in [2.45, 2.75) is 13.8 Å². The maximum Gasteiger partial charge on any atom is 0.119 e. The Bertz CT molecular complexity index is 244. The van der Waals surface area contributed by atoms with Crippen molar-refractivity contribution in [3.63, 3.8) is 0 Å². The number of hydrazine groups is 1. The van der Waals surface area contributed by atoms with Gasteiger partial charge < -0.3 is 10.2 Å². The van der Waals surface area contributed by atoms with Crippen LogP contribution >= 0.6 is 0 Å². The highest BCUT2D eigenvalue weighted by Crippen LogP contribution is 2.15. The highest BCUT2D eigenvalue weighted by atomic mass is 16.5. The van der Waals surface area contributed by atoms with Crippen molar-refractivity contribution in [1.82, 2.24) is 0 Å². The molecule has 3 heteroatoms. The summed E-state index contributed by atoms with van der Waals surface area (Å²) in [5.41, 5.74) is 3.45. The van der Waals surface area contributed by atoms with E-state index in [1.54, 1.807) is 0 Å². The van der Waals surface area contributed by atoms with E-state index in [-0.39, 0.29) is 0 Å². The second-order valence-corrected chi connectivity index (χ2v) is 3.37. The highest BCUT2D eigenvalue weighted by Gasteiger charge is 1.96. The van der Waals surface area contributed by atoms with Crippen LogP contribution in [0.2, 0.25) is 0 Å². The van der Waals surface area contributed by atoms with Crippen LogP contribution in [0, 0.1) is 5.92 Å². The van der Waals surface area contributed by atoms with Crippen molar-refractivity contribution in [2.24, 2.45) is 11.8 Å². The molecule has 0 radical (unpaired) electrons. The van der Waals surface area contributed by atoms with Gasteiger partial charge in [0.2, 0.25) is 0 Å². The second-order valence-electron chi connectivity index (χ2n) is 3.37. The average molecular weight is 180 g/mol. The lowest BCUT2D eigenvalue weighted by Crippen LogP contribution is -2.07. The van der Waals surface area contributed by atoms with Crippen molar-refractivity contribution >= 4 is 5.69 Å². The van der Waals surface area contributed by atoms with E-state index in [1.807, 2.05) is 24.3 Å². The third-order valence-corrected chi connectivity index (χ3v) is 1.60. The SMILES string of the molecule is CC(C)COc1ccc(NN)cc1. The van der Waals surface area contributed by atoms with Crippen LogP contribution in [0.25, 0.3) is 0 Å². The number of rotatable bonds is 4. The summed E-state index contributed by atoms with van der Waals surface area (Å²) in [5.74, 6) is 6.66. The van der Waals surface area contributed by atoms with Crippen molar-refractivity contribution in [1.29, 1.82) is 0 Å². The Morgan fingerprint density at radius 3 is 2.38 bits per heavy atom. The smallest absolute Gasteiger partial charge is 0.119 e. The molecule has 3 N–H and O–H groups in total. The zero-order chi connectivity index (χ0) is 9.68. The Morgan fingerprint density at radius 1 is 1.31 bits per heavy atom. The third kappa shape index (κ3) is 3.34. The molecule has 1 aromatic rings. The molecule has 0 saturated heterocycles. The number of ether oxygens (including phenoxy) is 1. The number of nitrogens with two attached hydrogens (primary N) is 1. The lowest BCUT2D eigenvalue weighted by Gasteiger charge is -2.08. The Kier molecular flexibility index (Phi) is 3.58. The van der Waals surface area contributed by atoms with Crippen LogP contribution in [-0.4, -0.2) is 6.61 Å². The predicted octanol–water partition coefficient (Wildman–Crippen LogP) is 2.01. The van der Waals surface area contributed by atoms with Gasteiger partial charge in [-0.25, -0.2) is 0 Å². The van der Waals surface area contributed by atoms with Crippen molar-refractivity contribution in [3.05, 3.63) is 24.3 Å². The van der Waals surface area contributed by atoms with Gasteiger partial charge in [0.05, 0.1) is 6.61 Å². The Hall–Kier alpha value is -1.22. The molecule has 13 heavy (non-hydrogen) atoms. The maximum atomic E-state index is 5.50. The van der Waals surface area contributed by atoms with Crippen LogP contribution in [0.1, 0.15) is 13.8 Å². The van der Waals surface area contributed by atoms with Crippen LogP contribution in [-0.2, 0) is 0 Å². The van der Waals surface area contributed by atoms with Gasteiger partial charge in [-0.1, -0.05) is 13.8 Å². The van der Waals surface area contributed by atoms with E-state index in [0.29, 0.717) is 5.92 Å². The predicted molar refractivity (Wildman–Crippen MR) is 54.6 cm³/mol. The first-order chi connectivity index (χ1) is 6.22. The lowest BCUT2D eigenvalue weighted by molar-refractivity contribution is 0.271. The first kappa shape index (κ1) is 9.86. The molecule has 0 amide bonds. The average Bonchev–Trinajstić information content (AvgIpc) is 2.15. The zero-order valence-electron chi connectivity index (χ0n) is 8.08. The van der Waals surface area contributed by atoms with Crippen LogP contribution < -0.4 is 16.0 Å². The number of hydrogen-bond donors (Lipinski definition) is 2. The summed E-state index contributed by atoms with van der Waals surface area (Å²) in [7, 11) is 0. The lowest BCUT2D eigenvalue weighted by atomic mass is 10.2. The van der Waals surface area contributed by atoms with Gasteiger partial charge in [-0.15, -0.1) is 0 Å². The van der Waals surface area contributed by atoms with E-state index in [0.717, 1.165) is 18.0 Å². The molecule has 0 aliphatic carbocycles. The molecular formula is C10H16N2O. The number of nitrogen functional groups attached to an aromatic ring is 1. The third-order valence-electron chi connectivity index (χ3n) is 1.60. The van der Waals surface area contributed by atoms with Crippen molar-refractivity contribution in [2.75, 3.05) is 12.0 Å². The van der Waals surface area contributed by atoms with Crippen LogP contribution in [0.3, 0.4) is 0 Å². The minimum absolute atomic E-state index is 0.548. The van der Waals surface area contributed by atoms with Gasteiger partial charge in [-0.05, 0) is 30.2 Å². The quantitative estimate of drug-likeness (QED) is 0.550. The summed E-state index contributed by atoms with van der Waals surface area (Å²) in [5, 5.41) is 0. The normalized spacial score (nSPS) is 10.2. The first-order valence-electron chi connectivity index (χ1n) is 4.42. The van der Waals surface area contributed by atoms with Gasteiger partial charge in [-0.3, -0.25) is 5.84 Å². The summed E-state index contributed by atoms with van der Waals surface area (Å²) in [4.78, 5) is 0. The standard InChI is InChI=1S/C10H16N2O/c1-8(2)7-13-10-5-3-9(12-11)4-6-10/h3-6,8,12H,7,11H2,1-2H3. The number of benzene rings is 1. The minimum Gasteiger partial charge on any atom is -0.493 e. The maximum absolute atomic E-state index is 5.50. The molecule has 0 aliphatic heterocycles. The highest BCUT2D eigenvalue weighted by molar-refractivity contribution is 5.45. The molecule has 0 unspecified atom stereocenters. The van der Waals surface area contributed by atoms with E-state index in [9.17, 15) is 0 Å². The fourth-order valence-electron chi connectivity index (χ4n) is 0.910. The van der Waals surface area contributed by atoms with Crippen LogP contribution in [0.5, 0.6) is 5.75 Å². The molecule has 0 saturated carbocycles. The molecule has 0 fully saturated rings. The molecular weight excluding hydrogens is 164 g/mol. The van der Waals surface area contributed by atoms with Crippen molar-refractivity contribution in [3.8, 4) is 5.75 Å². The van der Waals surface area contributed by atoms with E-state index in [4.69, 9.17) is 10.6 Å². The number of anilines is 1. The van der Waals surface area contributed by atoms with Gasteiger partial charge in [0.15, 0.2) is 0 Å². The molecule has 3 nitrogen and oxygen atoms in total. The Morgan fingerprint density at radius 2 is 1.92 bits per heavy atom. The first-order valence-corrected chi connectivity index (χ1v) is 4.42. The topological polar surface area (TPSA) is 47.3 Å². The molecule has 0 atom stereocenters. The van der Waals surface area contributed by atoms with Gasteiger partial charge in [0, 0.05) is 5.69 Å². The fraction of sp³-hybridized carbons (Fsp3) is 0.400. The van der Waals surface area contributed by atoms with Crippen molar-refractivity contribution < 1.29 is 4.74 Å².